The standard InChI is InChI=1S/C23H30N6O3/c1-15(2)26-7-9-27(10-8-26)22(31)20-19-5-6-28(21(30)16-11-24-25-12-16)13-17(19)14-29(23(20)32)18-3-4-18/h11-12,14-15,18H,3-10,13H2,1-2H3,(H,24,25). The predicted octanol–water partition coefficient (Wildman–Crippen LogP) is 1.27. The van der Waals surface area contributed by atoms with Crippen LogP contribution in [0.1, 0.15) is 64.6 Å². The minimum Gasteiger partial charge on any atom is -0.336 e. The molecule has 0 unspecified atom stereocenters. The molecule has 1 saturated heterocycles. The summed E-state index contributed by atoms with van der Waals surface area (Å²) < 4.78 is 1.74. The zero-order chi connectivity index (χ0) is 22.4. The number of hydrogen-bond acceptors (Lipinski definition) is 5. The fraction of sp³-hybridized carbons (Fsp3) is 0.565. The Bertz CT molecular complexity index is 1080. The van der Waals surface area contributed by atoms with Gasteiger partial charge in [-0.2, -0.15) is 5.10 Å². The van der Waals surface area contributed by atoms with Gasteiger partial charge in [-0.05, 0) is 44.2 Å². The van der Waals surface area contributed by atoms with Gasteiger partial charge in [-0.25, -0.2) is 0 Å². The van der Waals surface area contributed by atoms with E-state index in [2.05, 4.69) is 28.9 Å². The number of nitrogens with zero attached hydrogens (tertiary/aromatic N) is 5. The summed E-state index contributed by atoms with van der Waals surface area (Å²) in [4.78, 5) is 45.8. The van der Waals surface area contributed by atoms with E-state index in [1.807, 2.05) is 11.1 Å². The van der Waals surface area contributed by atoms with Crippen LogP contribution in [-0.4, -0.2) is 80.0 Å². The monoisotopic (exact) mass is 438 g/mol. The van der Waals surface area contributed by atoms with E-state index in [4.69, 9.17) is 0 Å². The van der Waals surface area contributed by atoms with Gasteiger partial charge in [0.05, 0.1) is 11.8 Å². The molecule has 0 spiro atoms. The Morgan fingerprint density at radius 2 is 1.81 bits per heavy atom. The molecule has 9 heteroatoms. The molecule has 2 aromatic heterocycles. The average molecular weight is 439 g/mol. The largest absolute Gasteiger partial charge is 0.336 e. The number of piperazine rings is 1. The number of pyridine rings is 1. The number of hydrogen-bond donors (Lipinski definition) is 1. The third-order valence-corrected chi connectivity index (χ3v) is 6.94. The topological polar surface area (TPSA) is 94.5 Å². The summed E-state index contributed by atoms with van der Waals surface area (Å²) in [6.45, 7) is 8.11. The number of rotatable bonds is 4. The van der Waals surface area contributed by atoms with Crippen LogP contribution < -0.4 is 5.56 Å². The minimum absolute atomic E-state index is 0.0914. The highest BCUT2D eigenvalue weighted by Crippen LogP contribution is 2.35. The SMILES string of the molecule is CC(C)N1CCN(C(=O)c2c3c(cn(C4CC4)c2=O)CN(C(=O)c2cn[nH]c2)CC3)CC1. The number of H-pyrrole nitrogens is 1. The Morgan fingerprint density at radius 3 is 2.44 bits per heavy atom. The first-order valence-corrected chi connectivity index (χ1v) is 11.5. The number of amides is 2. The summed E-state index contributed by atoms with van der Waals surface area (Å²) in [6, 6.07) is 0.611. The lowest BCUT2D eigenvalue weighted by Crippen LogP contribution is -2.52. The van der Waals surface area contributed by atoms with Crippen LogP contribution in [-0.2, 0) is 13.0 Å². The molecule has 5 rings (SSSR count). The van der Waals surface area contributed by atoms with Gasteiger partial charge in [-0.3, -0.25) is 24.4 Å². The van der Waals surface area contributed by atoms with Crippen molar-refractivity contribution >= 4 is 11.8 Å². The molecule has 2 amide bonds. The van der Waals surface area contributed by atoms with Gasteiger partial charge < -0.3 is 14.4 Å². The van der Waals surface area contributed by atoms with Crippen LogP contribution in [0, 0.1) is 0 Å². The van der Waals surface area contributed by atoms with Crippen molar-refractivity contribution in [2.75, 3.05) is 32.7 Å². The van der Waals surface area contributed by atoms with Gasteiger partial charge in [0.1, 0.15) is 5.56 Å². The second-order valence-electron chi connectivity index (χ2n) is 9.34. The van der Waals surface area contributed by atoms with Crippen molar-refractivity contribution in [1.29, 1.82) is 0 Å². The molecule has 1 saturated carbocycles. The van der Waals surface area contributed by atoms with E-state index in [-0.39, 0.29) is 23.4 Å². The van der Waals surface area contributed by atoms with Crippen LogP contribution in [0.5, 0.6) is 0 Å². The van der Waals surface area contributed by atoms with E-state index in [1.54, 1.807) is 15.7 Å². The lowest BCUT2D eigenvalue weighted by atomic mass is 9.95. The fourth-order valence-corrected chi connectivity index (χ4v) is 4.84. The maximum absolute atomic E-state index is 13.6. The van der Waals surface area contributed by atoms with Crippen molar-refractivity contribution in [2.45, 2.75) is 51.7 Å². The molecule has 0 atom stereocenters. The first-order chi connectivity index (χ1) is 15.4. The molecule has 2 aliphatic heterocycles. The van der Waals surface area contributed by atoms with Crippen molar-refractivity contribution in [3.63, 3.8) is 0 Å². The Hall–Kier alpha value is -2.94. The maximum atomic E-state index is 13.6. The van der Waals surface area contributed by atoms with E-state index in [1.165, 1.54) is 6.20 Å². The molecule has 2 fully saturated rings. The third kappa shape index (κ3) is 3.74. The highest BCUT2D eigenvalue weighted by Gasteiger charge is 2.34. The van der Waals surface area contributed by atoms with Crippen LogP contribution in [0.25, 0.3) is 0 Å². The molecule has 32 heavy (non-hydrogen) atoms. The predicted molar refractivity (Wildman–Crippen MR) is 119 cm³/mol. The van der Waals surface area contributed by atoms with Gasteiger partial charge in [0.15, 0.2) is 0 Å². The highest BCUT2D eigenvalue weighted by molar-refractivity contribution is 5.96. The molecule has 1 N–H and O–H groups in total. The zero-order valence-electron chi connectivity index (χ0n) is 18.7. The quantitative estimate of drug-likeness (QED) is 0.776. The summed E-state index contributed by atoms with van der Waals surface area (Å²) in [5, 5.41) is 6.56. The molecule has 170 valence electrons. The van der Waals surface area contributed by atoms with Crippen molar-refractivity contribution in [3.8, 4) is 0 Å². The maximum Gasteiger partial charge on any atom is 0.263 e. The number of aromatic nitrogens is 3. The van der Waals surface area contributed by atoms with Gasteiger partial charge in [0, 0.05) is 63.7 Å². The van der Waals surface area contributed by atoms with E-state index in [0.717, 1.165) is 37.1 Å². The molecular weight excluding hydrogens is 408 g/mol. The first kappa shape index (κ1) is 20.9. The van der Waals surface area contributed by atoms with Crippen molar-refractivity contribution in [1.82, 2.24) is 29.5 Å². The summed E-state index contributed by atoms with van der Waals surface area (Å²) >= 11 is 0. The van der Waals surface area contributed by atoms with E-state index in [9.17, 15) is 14.4 Å². The van der Waals surface area contributed by atoms with Gasteiger partial charge in [0.25, 0.3) is 17.4 Å². The molecular formula is C23H30N6O3. The molecule has 4 heterocycles. The van der Waals surface area contributed by atoms with Gasteiger partial charge in [-0.1, -0.05) is 0 Å². The van der Waals surface area contributed by atoms with Gasteiger partial charge in [0.2, 0.25) is 0 Å². The first-order valence-electron chi connectivity index (χ1n) is 11.5. The number of carbonyl (C=O) groups excluding carboxylic acids is 2. The second-order valence-corrected chi connectivity index (χ2v) is 9.34. The second kappa shape index (κ2) is 8.20. The zero-order valence-corrected chi connectivity index (χ0v) is 18.7. The lowest BCUT2D eigenvalue weighted by Gasteiger charge is -2.37. The van der Waals surface area contributed by atoms with Crippen LogP contribution in [0.2, 0.25) is 0 Å². The van der Waals surface area contributed by atoms with E-state index in [0.29, 0.717) is 49.8 Å². The van der Waals surface area contributed by atoms with Crippen LogP contribution in [0.3, 0.4) is 0 Å². The summed E-state index contributed by atoms with van der Waals surface area (Å²) in [5.74, 6) is -0.245. The normalized spacial score (nSPS) is 19.3. The summed E-state index contributed by atoms with van der Waals surface area (Å²) in [6.07, 6.45) is 7.42. The van der Waals surface area contributed by atoms with Gasteiger partial charge in [-0.15, -0.1) is 0 Å². The number of nitrogens with one attached hydrogen (secondary N) is 1. The van der Waals surface area contributed by atoms with Crippen LogP contribution in [0.4, 0.5) is 0 Å². The molecule has 1 aliphatic carbocycles. The summed E-state index contributed by atoms with van der Waals surface area (Å²) in [7, 11) is 0. The Balaban J connectivity index is 1.45. The van der Waals surface area contributed by atoms with Crippen molar-refractivity contribution in [3.05, 3.63) is 51.2 Å². The lowest BCUT2D eigenvalue weighted by molar-refractivity contribution is 0.0591. The molecule has 9 nitrogen and oxygen atoms in total. The molecule has 0 aromatic carbocycles. The number of fused-ring (bicyclic) bond motifs is 1. The highest BCUT2D eigenvalue weighted by atomic mass is 16.2. The third-order valence-electron chi connectivity index (χ3n) is 6.94. The average Bonchev–Trinajstić information content (AvgIpc) is 3.50. The smallest absolute Gasteiger partial charge is 0.263 e. The summed E-state index contributed by atoms with van der Waals surface area (Å²) in [5.41, 5.74) is 2.39. The minimum atomic E-state index is -0.169. The van der Waals surface area contributed by atoms with Crippen molar-refractivity contribution < 1.29 is 9.59 Å². The van der Waals surface area contributed by atoms with Crippen molar-refractivity contribution in [2.24, 2.45) is 0 Å². The Morgan fingerprint density at radius 1 is 1.06 bits per heavy atom. The van der Waals surface area contributed by atoms with Gasteiger partial charge >= 0.3 is 0 Å². The van der Waals surface area contributed by atoms with Crippen LogP contribution >= 0.6 is 0 Å². The number of aromatic amines is 1. The molecule has 0 radical (unpaired) electrons. The van der Waals surface area contributed by atoms with E-state index < -0.39 is 0 Å². The Labute approximate surface area is 187 Å². The van der Waals surface area contributed by atoms with Crippen LogP contribution in [0.15, 0.2) is 23.4 Å². The molecule has 2 aromatic rings. The number of carbonyl (C=O) groups is 2. The molecule has 3 aliphatic rings. The fourth-order valence-electron chi connectivity index (χ4n) is 4.84. The Kier molecular flexibility index (Phi) is 5.36. The van der Waals surface area contributed by atoms with E-state index >= 15 is 0 Å². The molecule has 0 bridgehead atoms.